The van der Waals surface area contributed by atoms with Crippen LogP contribution >= 0.6 is 0 Å². The molecule has 10 heavy (non-hydrogen) atoms. The molecule has 4 nitrogen and oxygen atoms in total. The summed E-state index contributed by atoms with van der Waals surface area (Å²) >= 11 is 0. The molecular weight excluding hydrogens is 134 g/mol. The summed E-state index contributed by atoms with van der Waals surface area (Å²) in [5.41, 5.74) is -0.575. The van der Waals surface area contributed by atoms with Crippen molar-refractivity contribution >= 4 is 5.91 Å². The summed E-state index contributed by atoms with van der Waals surface area (Å²) in [4.78, 5) is 10.5. The van der Waals surface area contributed by atoms with Gasteiger partial charge in [-0.15, -0.1) is 0 Å². The van der Waals surface area contributed by atoms with Crippen LogP contribution in [-0.2, 0) is 9.53 Å². The van der Waals surface area contributed by atoms with Crippen LogP contribution in [-0.4, -0.2) is 36.4 Å². The van der Waals surface area contributed by atoms with Gasteiger partial charge in [0.2, 0.25) is 5.91 Å². The number of aliphatic hydroxyl groups excluding tert-OH is 1. The van der Waals surface area contributed by atoms with E-state index in [2.05, 4.69) is 5.32 Å². The van der Waals surface area contributed by atoms with Crippen molar-refractivity contribution in [2.45, 2.75) is 12.5 Å². The van der Waals surface area contributed by atoms with E-state index >= 15 is 0 Å². The summed E-state index contributed by atoms with van der Waals surface area (Å²) < 4.78 is 5.06. The maximum atomic E-state index is 10.5. The highest BCUT2D eigenvalue weighted by Gasteiger charge is 2.29. The summed E-state index contributed by atoms with van der Waals surface area (Å²) in [5.74, 6) is -0.120. The fourth-order valence-corrected chi connectivity index (χ4v) is 0.729. The smallest absolute Gasteiger partial charge is 0.246 e. The Balaban J connectivity index is 2.46. The van der Waals surface area contributed by atoms with Gasteiger partial charge in [-0.25, -0.2) is 0 Å². The van der Waals surface area contributed by atoms with E-state index in [-0.39, 0.29) is 19.1 Å². The molecule has 1 unspecified atom stereocenters. The van der Waals surface area contributed by atoms with Gasteiger partial charge in [-0.1, -0.05) is 0 Å². The number of carbonyl (C=O) groups excluding carboxylic acids is 1. The van der Waals surface area contributed by atoms with Gasteiger partial charge in [0, 0.05) is 6.54 Å². The molecule has 4 heteroatoms. The number of ether oxygens (including phenoxy) is 1. The topological polar surface area (TPSA) is 58.6 Å². The number of morpholine rings is 1. The zero-order valence-electron chi connectivity index (χ0n) is 5.89. The Bertz CT molecular complexity index is 136. The molecule has 2 N–H and O–H groups in total. The number of nitrogens with one attached hydrogen (secondary N) is 1. The van der Waals surface area contributed by atoms with E-state index in [1.165, 1.54) is 0 Å². The van der Waals surface area contributed by atoms with Gasteiger partial charge < -0.3 is 15.2 Å². The van der Waals surface area contributed by atoms with Crippen molar-refractivity contribution < 1.29 is 14.6 Å². The van der Waals surface area contributed by atoms with Gasteiger partial charge in [-0.05, 0) is 6.92 Å². The van der Waals surface area contributed by atoms with Gasteiger partial charge in [0.05, 0.1) is 6.61 Å². The predicted octanol–water partition coefficient (Wildman–Crippen LogP) is -1.12. The van der Waals surface area contributed by atoms with Crippen LogP contribution < -0.4 is 5.32 Å². The normalized spacial score (nSPS) is 33.6. The van der Waals surface area contributed by atoms with Crippen LogP contribution in [0.5, 0.6) is 0 Å². The van der Waals surface area contributed by atoms with Crippen LogP contribution in [0.3, 0.4) is 0 Å². The molecule has 0 radical (unpaired) electrons. The third-order valence-corrected chi connectivity index (χ3v) is 1.55. The molecule has 0 bridgehead atoms. The van der Waals surface area contributed by atoms with Crippen molar-refractivity contribution in [3.8, 4) is 0 Å². The Morgan fingerprint density at radius 2 is 2.60 bits per heavy atom. The number of rotatable bonds is 1. The van der Waals surface area contributed by atoms with Crippen LogP contribution in [0.25, 0.3) is 0 Å². The van der Waals surface area contributed by atoms with Crippen molar-refractivity contribution in [3.63, 3.8) is 0 Å². The van der Waals surface area contributed by atoms with Crippen molar-refractivity contribution in [2.24, 2.45) is 0 Å². The molecule has 1 fully saturated rings. The van der Waals surface area contributed by atoms with Gasteiger partial charge in [0.25, 0.3) is 0 Å². The molecule has 1 rings (SSSR count). The lowest BCUT2D eigenvalue weighted by atomic mass is 10.1. The zero-order valence-corrected chi connectivity index (χ0v) is 5.89. The van der Waals surface area contributed by atoms with E-state index < -0.39 is 5.60 Å². The lowest BCUT2D eigenvalue weighted by molar-refractivity contribution is -0.146. The van der Waals surface area contributed by atoms with Crippen LogP contribution in [0.2, 0.25) is 0 Å². The average Bonchev–Trinajstić information content (AvgIpc) is 1.96. The van der Waals surface area contributed by atoms with E-state index in [0.717, 1.165) is 0 Å². The fraction of sp³-hybridized carbons (Fsp3) is 0.833. The molecule has 0 aromatic rings. The second-order valence-electron chi connectivity index (χ2n) is 2.67. The van der Waals surface area contributed by atoms with Gasteiger partial charge in [0.1, 0.15) is 12.2 Å². The molecule has 0 aromatic carbocycles. The van der Waals surface area contributed by atoms with E-state index in [9.17, 15) is 4.79 Å². The summed E-state index contributed by atoms with van der Waals surface area (Å²) in [6, 6.07) is 0. The number of amides is 1. The Labute approximate surface area is 59.2 Å². The molecule has 1 saturated heterocycles. The maximum absolute atomic E-state index is 10.5. The molecule has 1 aliphatic heterocycles. The first-order valence-electron chi connectivity index (χ1n) is 3.18. The SMILES string of the molecule is CC1(CO)CNC(=O)CO1. The largest absolute Gasteiger partial charge is 0.393 e. The Morgan fingerprint density at radius 1 is 1.90 bits per heavy atom. The lowest BCUT2D eigenvalue weighted by Crippen LogP contribution is -2.52. The van der Waals surface area contributed by atoms with Crippen molar-refractivity contribution in [1.82, 2.24) is 5.32 Å². The highest BCUT2D eigenvalue weighted by Crippen LogP contribution is 2.10. The molecule has 0 saturated carbocycles. The Morgan fingerprint density at radius 3 is 3.00 bits per heavy atom. The number of hydrogen-bond acceptors (Lipinski definition) is 3. The first-order chi connectivity index (χ1) is 4.66. The van der Waals surface area contributed by atoms with Crippen LogP contribution in [0.4, 0.5) is 0 Å². The summed E-state index contributed by atoms with van der Waals surface area (Å²) in [5, 5.41) is 11.4. The summed E-state index contributed by atoms with van der Waals surface area (Å²) in [6.07, 6.45) is 0. The highest BCUT2D eigenvalue weighted by molar-refractivity contribution is 5.77. The standard InChI is InChI=1S/C6H11NO3/c1-6(4-8)3-7-5(9)2-10-6/h8H,2-4H2,1H3,(H,7,9). The van der Waals surface area contributed by atoms with Gasteiger partial charge in [-0.2, -0.15) is 0 Å². The van der Waals surface area contributed by atoms with E-state index in [0.29, 0.717) is 6.54 Å². The van der Waals surface area contributed by atoms with Gasteiger partial charge >= 0.3 is 0 Å². The average molecular weight is 145 g/mol. The third-order valence-electron chi connectivity index (χ3n) is 1.55. The minimum absolute atomic E-state index is 0.0526. The lowest BCUT2D eigenvalue weighted by Gasteiger charge is -2.31. The second kappa shape index (κ2) is 2.56. The molecule has 0 aromatic heterocycles. The van der Waals surface area contributed by atoms with Crippen LogP contribution in [0.15, 0.2) is 0 Å². The number of aliphatic hydroxyl groups is 1. The highest BCUT2D eigenvalue weighted by atomic mass is 16.5. The molecule has 1 atom stereocenters. The molecule has 0 aliphatic carbocycles. The van der Waals surface area contributed by atoms with Crippen molar-refractivity contribution in [1.29, 1.82) is 0 Å². The number of carbonyl (C=O) groups is 1. The van der Waals surface area contributed by atoms with Crippen molar-refractivity contribution in [2.75, 3.05) is 19.8 Å². The minimum atomic E-state index is -0.575. The monoisotopic (exact) mass is 145 g/mol. The van der Waals surface area contributed by atoms with Crippen molar-refractivity contribution in [3.05, 3.63) is 0 Å². The summed E-state index contributed by atoms with van der Waals surface area (Å²) in [6.45, 7) is 2.14. The van der Waals surface area contributed by atoms with E-state index in [4.69, 9.17) is 9.84 Å². The number of hydrogen-bond donors (Lipinski definition) is 2. The first-order valence-corrected chi connectivity index (χ1v) is 3.18. The molecule has 58 valence electrons. The van der Waals surface area contributed by atoms with E-state index in [1.54, 1.807) is 6.92 Å². The molecule has 1 amide bonds. The van der Waals surface area contributed by atoms with E-state index in [1.807, 2.05) is 0 Å². The fourth-order valence-electron chi connectivity index (χ4n) is 0.729. The van der Waals surface area contributed by atoms with Gasteiger partial charge in [0.15, 0.2) is 0 Å². The van der Waals surface area contributed by atoms with Crippen LogP contribution in [0.1, 0.15) is 6.92 Å². The van der Waals surface area contributed by atoms with Crippen LogP contribution in [0, 0.1) is 0 Å². The minimum Gasteiger partial charge on any atom is -0.393 e. The maximum Gasteiger partial charge on any atom is 0.246 e. The zero-order chi connectivity index (χ0) is 7.61. The molecule has 0 spiro atoms. The molecule has 1 aliphatic rings. The van der Waals surface area contributed by atoms with Gasteiger partial charge in [-0.3, -0.25) is 4.79 Å². The third kappa shape index (κ3) is 1.46. The second-order valence-corrected chi connectivity index (χ2v) is 2.67. The Kier molecular flexibility index (Phi) is 1.92. The molecular formula is C6H11NO3. The summed E-state index contributed by atoms with van der Waals surface area (Å²) in [7, 11) is 0. The first kappa shape index (κ1) is 7.50. The Hall–Kier alpha value is -0.610. The predicted molar refractivity (Wildman–Crippen MR) is 34.5 cm³/mol. The quantitative estimate of drug-likeness (QED) is 0.491. The molecule has 1 heterocycles.